The third-order valence-corrected chi connectivity index (χ3v) is 3.44. The zero-order chi connectivity index (χ0) is 14.6. The molecule has 0 aliphatic rings. The van der Waals surface area contributed by atoms with Crippen molar-refractivity contribution in [3.05, 3.63) is 33.8 Å². The van der Waals surface area contributed by atoms with E-state index in [0.29, 0.717) is 12.1 Å². The Labute approximate surface area is 121 Å². The van der Waals surface area contributed by atoms with Crippen molar-refractivity contribution in [2.75, 3.05) is 13.6 Å². The van der Waals surface area contributed by atoms with Crippen LogP contribution in [0.3, 0.4) is 0 Å². The van der Waals surface area contributed by atoms with E-state index < -0.39 is 0 Å². The monoisotopic (exact) mass is 327 g/mol. The number of oxime groups is 1. The van der Waals surface area contributed by atoms with E-state index in [9.17, 15) is 4.79 Å². The Kier molecular flexibility index (Phi) is 5.35. The van der Waals surface area contributed by atoms with E-state index in [2.05, 4.69) is 21.1 Å². The van der Waals surface area contributed by atoms with Crippen LogP contribution >= 0.6 is 15.9 Å². The molecule has 0 aromatic heterocycles. The average molecular weight is 328 g/mol. The van der Waals surface area contributed by atoms with Gasteiger partial charge in [-0.2, -0.15) is 0 Å². The fraction of sp³-hybridized carbons (Fsp3) is 0.385. The Bertz CT molecular complexity index is 503. The van der Waals surface area contributed by atoms with Gasteiger partial charge in [0.25, 0.3) is 5.91 Å². The molecule has 6 heteroatoms. The number of nitrogens with zero attached hydrogens (tertiary/aromatic N) is 2. The van der Waals surface area contributed by atoms with Crippen LogP contribution in [0.25, 0.3) is 0 Å². The Morgan fingerprint density at radius 2 is 2.21 bits per heavy atom. The molecule has 0 aliphatic heterocycles. The van der Waals surface area contributed by atoms with Crippen LogP contribution in [-0.4, -0.2) is 35.4 Å². The van der Waals surface area contributed by atoms with Gasteiger partial charge in [-0.1, -0.05) is 34.1 Å². The number of rotatable bonds is 4. The molecule has 0 saturated carbocycles. The van der Waals surface area contributed by atoms with Gasteiger partial charge in [0.1, 0.15) is 5.84 Å². The lowest BCUT2D eigenvalue weighted by atomic mass is 10.1. The van der Waals surface area contributed by atoms with Gasteiger partial charge in [-0.3, -0.25) is 4.79 Å². The molecule has 0 spiro atoms. The Morgan fingerprint density at radius 3 is 2.79 bits per heavy atom. The van der Waals surface area contributed by atoms with Gasteiger partial charge in [-0.15, -0.1) is 0 Å². The van der Waals surface area contributed by atoms with Crippen molar-refractivity contribution in [3.63, 3.8) is 0 Å². The van der Waals surface area contributed by atoms with Crippen LogP contribution in [0.15, 0.2) is 27.8 Å². The molecule has 104 valence electrons. The first-order chi connectivity index (χ1) is 8.86. The molecule has 0 bridgehead atoms. The summed E-state index contributed by atoms with van der Waals surface area (Å²) in [5.74, 6) is -0.173. The van der Waals surface area contributed by atoms with E-state index in [0.717, 1.165) is 10.0 Å². The molecule has 1 aromatic carbocycles. The summed E-state index contributed by atoms with van der Waals surface area (Å²) >= 11 is 3.36. The van der Waals surface area contributed by atoms with Crippen molar-refractivity contribution in [2.24, 2.45) is 16.8 Å². The van der Waals surface area contributed by atoms with Crippen LogP contribution in [0.2, 0.25) is 0 Å². The number of amides is 1. The first kappa shape index (κ1) is 15.5. The number of aryl methyl sites for hydroxylation is 1. The van der Waals surface area contributed by atoms with Crippen molar-refractivity contribution in [3.8, 4) is 0 Å². The van der Waals surface area contributed by atoms with Crippen molar-refractivity contribution in [1.82, 2.24) is 4.90 Å². The highest BCUT2D eigenvalue weighted by Gasteiger charge is 2.18. The Balaban J connectivity index is 2.85. The Hall–Kier alpha value is -1.56. The molecule has 5 nitrogen and oxygen atoms in total. The summed E-state index contributed by atoms with van der Waals surface area (Å²) in [7, 11) is 1.70. The summed E-state index contributed by atoms with van der Waals surface area (Å²) in [6, 6.07) is 5.57. The number of halogens is 1. The second-order valence-corrected chi connectivity index (χ2v) is 5.49. The van der Waals surface area contributed by atoms with Gasteiger partial charge in [0, 0.05) is 29.5 Å². The van der Waals surface area contributed by atoms with Crippen molar-refractivity contribution in [1.29, 1.82) is 0 Å². The standard InChI is InChI=1S/C13H18BrN3O2/c1-8-4-5-10(14)6-11(8)13(18)17(3)7-9(2)12(15)16-19/h4-6,9,19H,7H2,1-3H3,(H2,15,16). The second-order valence-electron chi connectivity index (χ2n) is 4.57. The first-order valence-electron chi connectivity index (χ1n) is 5.85. The van der Waals surface area contributed by atoms with E-state index in [-0.39, 0.29) is 17.7 Å². The first-order valence-corrected chi connectivity index (χ1v) is 6.65. The quantitative estimate of drug-likeness (QED) is 0.385. The van der Waals surface area contributed by atoms with E-state index in [1.54, 1.807) is 24.9 Å². The van der Waals surface area contributed by atoms with E-state index in [4.69, 9.17) is 10.9 Å². The minimum Gasteiger partial charge on any atom is -0.409 e. The normalized spacial score (nSPS) is 13.2. The zero-order valence-corrected chi connectivity index (χ0v) is 12.8. The van der Waals surface area contributed by atoms with Crippen LogP contribution in [0.5, 0.6) is 0 Å². The van der Waals surface area contributed by atoms with E-state index >= 15 is 0 Å². The molecule has 3 N–H and O–H groups in total. The van der Waals surface area contributed by atoms with Gasteiger partial charge in [0.05, 0.1) is 0 Å². The van der Waals surface area contributed by atoms with Crippen LogP contribution in [0.4, 0.5) is 0 Å². The smallest absolute Gasteiger partial charge is 0.253 e. The Morgan fingerprint density at radius 1 is 1.58 bits per heavy atom. The molecule has 0 fully saturated rings. The molecule has 19 heavy (non-hydrogen) atoms. The number of carbonyl (C=O) groups is 1. The van der Waals surface area contributed by atoms with Gasteiger partial charge >= 0.3 is 0 Å². The van der Waals surface area contributed by atoms with Crippen LogP contribution < -0.4 is 5.73 Å². The highest BCUT2D eigenvalue weighted by molar-refractivity contribution is 9.10. The summed E-state index contributed by atoms with van der Waals surface area (Å²) in [5, 5.41) is 11.6. The largest absolute Gasteiger partial charge is 0.409 e. The SMILES string of the molecule is Cc1ccc(Br)cc1C(=O)N(C)CC(C)C(N)=NO. The molecule has 1 rings (SSSR count). The average Bonchev–Trinajstić information content (AvgIpc) is 2.39. The predicted octanol–water partition coefficient (Wildman–Crippen LogP) is 2.21. The summed E-state index contributed by atoms with van der Waals surface area (Å²) in [4.78, 5) is 13.9. The summed E-state index contributed by atoms with van der Waals surface area (Å²) in [6.45, 7) is 4.08. The molecule has 1 amide bonds. The molecule has 1 unspecified atom stereocenters. The van der Waals surface area contributed by atoms with Crippen molar-refractivity contribution >= 4 is 27.7 Å². The second kappa shape index (κ2) is 6.56. The third kappa shape index (κ3) is 3.96. The minimum absolute atomic E-state index is 0.0867. The highest BCUT2D eigenvalue weighted by Crippen LogP contribution is 2.17. The molecule has 0 saturated heterocycles. The molecule has 1 atom stereocenters. The number of nitrogens with two attached hydrogens (primary N) is 1. The van der Waals surface area contributed by atoms with Gasteiger partial charge in [-0.25, -0.2) is 0 Å². The number of carbonyl (C=O) groups excluding carboxylic acids is 1. The fourth-order valence-corrected chi connectivity index (χ4v) is 2.08. The zero-order valence-electron chi connectivity index (χ0n) is 11.2. The third-order valence-electron chi connectivity index (χ3n) is 2.94. The summed E-state index contributed by atoms with van der Waals surface area (Å²) < 4.78 is 0.860. The van der Waals surface area contributed by atoms with E-state index in [1.165, 1.54) is 0 Å². The lowest BCUT2D eigenvalue weighted by Gasteiger charge is -2.21. The topological polar surface area (TPSA) is 78.9 Å². The van der Waals surface area contributed by atoms with Crippen molar-refractivity contribution in [2.45, 2.75) is 13.8 Å². The lowest BCUT2D eigenvalue weighted by Crippen LogP contribution is -2.36. The molecular formula is C13H18BrN3O2. The maximum Gasteiger partial charge on any atom is 0.253 e. The number of hydrogen-bond acceptors (Lipinski definition) is 3. The summed E-state index contributed by atoms with van der Waals surface area (Å²) in [6.07, 6.45) is 0. The maximum absolute atomic E-state index is 12.3. The van der Waals surface area contributed by atoms with Crippen LogP contribution in [0.1, 0.15) is 22.8 Å². The molecule has 0 radical (unpaired) electrons. The molecular weight excluding hydrogens is 310 g/mol. The van der Waals surface area contributed by atoms with E-state index in [1.807, 2.05) is 19.1 Å². The van der Waals surface area contributed by atoms with Crippen LogP contribution in [-0.2, 0) is 0 Å². The lowest BCUT2D eigenvalue weighted by molar-refractivity contribution is 0.0785. The highest BCUT2D eigenvalue weighted by atomic mass is 79.9. The summed E-state index contributed by atoms with van der Waals surface area (Å²) in [5.41, 5.74) is 7.07. The van der Waals surface area contributed by atoms with Crippen molar-refractivity contribution < 1.29 is 10.0 Å². The van der Waals surface area contributed by atoms with Gasteiger partial charge < -0.3 is 15.8 Å². The molecule has 1 aromatic rings. The molecule has 0 aliphatic carbocycles. The maximum atomic E-state index is 12.3. The number of benzene rings is 1. The minimum atomic E-state index is -0.202. The van der Waals surface area contributed by atoms with Gasteiger partial charge in [-0.05, 0) is 24.6 Å². The molecule has 0 heterocycles. The number of amidine groups is 1. The number of hydrogen-bond donors (Lipinski definition) is 2. The fourth-order valence-electron chi connectivity index (χ4n) is 1.72. The van der Waals surface area contributed by atoms with Gasteiger partial charge in [0.15, 0.2) is 0 Å². The predicted molar refractivity (Wildman–Crippen MR) is 78.4 cm³/mol. The van der Waals surface area contributed by atoms with Crippen LogP contribution in [0, 0.1) is 12.8 Å². The van der Waals surface area contributed by atoms with Gasteiger partial charge in [0.2, 0.25) is 0 Å².